The molecule has 0 unspecified atom stereocenters. The van der Waals surface area contributed by atoms with E-state index in [2.05, 4.69) is 137 Å². The summed E-state index contributed by atoms with van der Waals surface area (Å²) >= 11 is 0. The van der Waals surface area contributed by atoms with Gasteiger partial charge in [-0.05, 0) is 0 Å². The Kier molecular flexibility index (Phi) is 7.84. The summed E-state index contributed by atoms with van der Waals surface area (Å²) in [6.45, 7) is 6.03. The van der Waals surface area contributed by atoms with Gasteiger partial charge < -0.3 is 0 Å². The molecule has 36 heavy (non-hydrogen) atoms. The summed E-state index contributed by atoms with van der Waals surface area (Å²) in [5.41, 5.74) is 4.54. The number of hydrogen-bond donors (Lipinski definition) is 0. The molecule has 0 aliphatic heterocycles. The first-order valence-electron chi connectivity index (χ1n) is 13.1. The molecule has 0 saturated heterocycles. The van der Waals surface area contributed by atoms with E-state index < -0.39 is 6.83 Å². The molecule has 0 spiro atoms. The van der Waals surface area contributed by atoms with Crippen LogP contribution in [0.1, 0.15) is 47.0 Å². The van der Waals surface area contributed by atoms with E-state index in [0.717, 1.165) is 6.16 Å². The van der Waals surface area contributed by atoms with Gasteiger partial charge in [0.2, 0.25) is 0 Å². The summed E-state index contributed by atoms with van der Waals surface area (Å²) in [6.07, 6.45) is 11.6. The molecule has 3 aromatic carbocycles. The Bertz CT molecular complexity index is 1150. The van der Waals surface area contributed by atoms with E-state index in [4.69, 9.17) is 4.52 Å². The number of allylic oxidation sites excluding steroid dienone is 6. The van der Waals surface area contributed by atoms with Gasteiger partial charge in [-0.25, -0.2) is 0 Å². The first-order chi connectivity index (χ1) is 17.3. The second kappa shape index (κ2) is 10.7. The summed E-state index contributed by atoms with van der Waals surface area (Å²) in [7, 11) is 1.91. The third-order valence-corrected chi connectivity index (χ3v) is 14.0. The van der Waals surface area contributed by atoms with Gasteiger partial charge in [0.15, 0.2) is 0 Å². The number of hydrogen-bond acceptors (Lipinski definition) is 1. The molecule has 0 fully saturated rings. The Hall–Kier alpha value is -2.73. The monoisotopic (exact) mass is 496 g/mol. The van der Waals surface area contributed by atoms with Crippen molar-refractivity contribution in [3.05, 3.63) is 126 Å². The Morgan fingerprint density at radius 2 is 1.31 bits per heavy atom. The van der Waals surface area contributed by atoms with Gasteiger partial charge in [-0.15, -0.1) is 0 Å². The predicted molar refractivity (Wildman–Crippen MR) is 160 cm³/mol. The van der Waals surface area contributed by atoms with E-state index >= 15 is 0 Å². The van der Waals surface area contributed by atoms with Crippen LogP contribution in [-0.4, -0.2) is 13.3 Å². The minimum absolute atomic E-state index is 0.239. The second-order valence-electron chi connectivity index (χ2n) is 10.8. The molecule has 4 rings (SSSR count). The van der Waals surface area contributed by atoms with E-state index in [1.165, 1.54) is 51.9 Å². The van der Waals surface area contributed by atoms with Crippen LogP contribution in [0.25, 0.3) is 0 Å². The summed E-state index contributed by atoms with van der Waals surface area (Å²) in [5, 5.41) is 3.76. The molecule has 1 nitrogen and oxygen atoms in total. The van der Waals surface area contributed by atoms with Crippen LogP contribution in [0.2, 0.25) is 0 Å². The van der Waals surface area contributed by atoms with Gasteiger partial charge in [-0.2, -0.15) is 0 Å². The summed E-state index contributed by atoms with van der Waals surface area (Å²) in [6, 6.07) is 32.6. The van der Waals surface area contributed by atoms with Crippen LogP contribution in [0, 0.1) is 5.41 Å². The summed E-state index contributed by atoms with van der Waals surface area (Å²) in [4.78, 5) is 0. The molecule has 0 bridgehead atoms. The fraction of sp³-hybridized carbons (Fsp3) is 0.294. The van der Waals surface area contributed by atoms with Gasteiger partial charge in [0.25, 0.3) is 0 Å². The van der Waals surface area contributed by atoms with Gasteiger partial charge in [0, 0.05) is 0 Å². The summed E-state index contributed by atoms with van der Waals surface area (Å²) < 4.78 is 6.93. The van der Waals surface area contributed by atoms with Crippen molar-refractivity contribution < 1.29 is 4.52 Å². The van der Waals surface area contributed by atoms with Crippen molar-refractivity contribution in [2.45, 2.75) is 47.0 Å². The average Bonchev–Trinajstić information content (AvgIpc) is 2.91. The molecule has 0 radical (unpaired) electrons. The molecular weight excluding hydrogens is 455 g/mol. The first-order valence-corrected chi connectivity index (χ1v) is 15.5. The van der Waals surface area contributed by atoms with Gasteiger partial charge in [0.05, 0.1) is 0 Å². The van der Waals surface area contributed by atoms with Crippen molar-refractivity contribution >= 4 is 22.7 Å². The van der Waals surface area contributed by atoms with Crippen molar-refractivity contribution in [2.24, 2.45) is 5.41 Å². The third kappa shape index (κ3) is 4.68. The van der Waals surface area contributed by atoms with Crippen LogP contribution in [0.5, 0.6) is 0 Å². The molecule has 3 aromatic rings. The molecule has 1 aliphatic carbocycles. The third-order valence-electron chi connectivity index (χ3n) is 8.13. The summed E-state index contributed by atoms with van der Waals surface area (Å²) in [5.74, 6) is 0. The Morgan fingerprint density at radius 1 is 0.833 bits per heavy atom. The molecule has 0 saturated carbocycles. The van der Waals surface area contributed by atoms with Gasteiger partial charge in [0.1, 0.15) is 0 Å². The second-order valence-corrected chi connectivity index (χ2v) is 15.5. The van der Waals surface area contributed by atoms with Gasteiger partial charge >= 0.3 is 219 Å². The average molecular weight is 497 g/mol. The van der Waals surface area contributed by atoms with E-state index in [1.807, 2.05) is 7.11 Å². The van der Waals surface area contributed by atoms with Crippen molar-refractivity contribution in [1.29, 1.82) is 0 Å². The fourth-order valence-corrected chi connectivity index (χ4v) is 11.3. The fourth-order valence-electron chi connectivity index (χ4n) is 6.00. The van der Waals surface area contributed by atoms with Crippen molar-refractivity contribution in [1.82, 2.24) is 0 Å². The van der Waals surface area contributed by atoms with Crippen molar-refractivity contribution in [2.75, 3.05) is 13.3 Å². The Labute approximate surface area is 218 Å². The van der Waals surface area contributed by atoms with Gasteiger partial charge in [-0.3, -0.25) is 0 Å². The quantitative estimate of drug-likeness (QED) is 0.226. The normalized spacial score (nSPS) is 17.7. The van der Waals surface area contributed by atoms with Crippen molar-refractivity contribution in [3.8, 4) is 0 Å². The first kappa shape index (κ1) is 26.3. The molecule has 2 heteroatoms. The molecule has 0 N–H and O–H groups in total. The zero-order chi connectivity index (χ0) is 25.7. The standard InChI is InChI=1S/C34H41OP/c1-28(23-24-33-29(2)16-15-26-34(33,3)4)25-27-36(35-5,30-17-9-6-10-18-30,31-19-11-7-12-20-31)32-21-13-8-14-22-32/h6-14,17-25H,15-16,26-27H2,1-5H3/b24-23+,28-25+. The minimum atomic E-state index is -3.26. The zero-order valence-electron chi connectivity index (χ0n) is 22.6. The Balaban J connectivity index is 1.88. The number of benzene rings is 3. The molecule has 1 aliphatic rings. The maximum atomic E-state index is 6.93. The van der Waals surface area contributed by atoms with E-state index in [0.29, 0.717) is 0 Å². The van der Waals surface area contributed by atoms with E-state index in [-0.39, 0.29) is 5.41 Å². The maximum absolute atomic E-state index is 6.93. The van der Waals surface area contributed by atoms with Crippen LogP contribution in [0.15, 0.2) is 126 Å². The molecule has 0 amide bonds. The van der Waals surface area contributed by atoms with E-state index in [1.54, 1.807) is 0 Å². The van der Waals surface area contributed by atoms with Crippen LogP contribution in [-0.2, 0) is 4.52 Å². The molecule has 188 valence electrons. The topological polar surface area (TPSA) is 9.23 Å². The van der Waals surface area contributed by atoms with Crippen molar-refractivity contribution in [3.63, 3.8) is 0 Å². The van der Waals surface area contributed by atoms with E-state index in [9.17, 15) is 0 Å². The predicted octanol–water partition coefficient (Wildman–Crippen LogP) is 8.11. The molecule has 0 aromatic heterocycles. The number of rotatable bonds is 8. The van der Waals surface area contributed by atoms with Gasteiger partial charge in [-0.1, -0.05) is 0 Å². The zero-order valence-corrected chi connectivity index (χ0v) is 23.5. The Morgan fingerprint density at radius 3 is 1.72 bits per heavy atom. The van der Waals surface area contributed by atoms with Crippen LogP contribution in [0.4, 0.5) is 0 Å². The molecular formula is C34H41OP. The SMILES string of the molecule is COP(C/C=C(C)/C=C/C1=C(C)CCCC1(C)C)(c1ccccc1)(c1ccccc1)c1ccccc1. The van der Waals surface area contributed by atoms with Crippen LogP contribution in [0.3, 0.4) is 0 Å². The molecule has 0 atom stereocenters. The molecule has 0 heterocycles. The van der Waals surface area contributed by atoms with Crippen LogP contribution < -0.4 is 15.9 Å². The van der Waals surface area contributed by atoms with Crippen LogP contribution >= 0.6 is 6.83 Å².